The van der Waals surface area contributed by atoms with Gasteiger partial charge in [-0.15, -0.1) is 0 Å². The van der Waals surface area contributed by atoms with Gasteiger partial charge in [-0.1, -0.05) is 48.5 Å². The minimum absolute atomic E-state index is 0.343. The van der Waals surface area contributed by atoms with Crippen LogP contribution in [-0.2, 0) is 6.54 Å². The molecule has 0 spiro atoms. The van der Waals surface area contributed by atoms with E-state index < -0.39 is 30.8 Å². The SMILES string of the molecule is O=c1c2ccccc2c(-c2ccccc2)nn1C[C@@H](O)CC(F)(F)F. The van der Waals surface area contributed by atoms with Crippen molar-refractivity contribution >= 4 is 10.8 Å². The molecule has 0 aliphatic heterocycles. The highest BCUT2D eigenvalue weighted by atomic mass is 19.4. The molecule has 0 amide bonds. The second-order valence-electron chi connectivity index (χ2n) is 5.72. The molecule has 4 nitrogen and oxygen atoms in total. The minimum Gasteiger partial charge on any atom is -0.391 e. The number of rotatable bonds is 4. The standard InChI is InChI=1S/C18H15F3N2O2/c19-18(20,21)10-13(24)11-23-17(25)15-9-5-4-8-14(15)16(22-23)12-6-2-1-3-7-12/h1-9,13,24H,10-11H2/t13-/m0/s1. The van der Waals surface area contributed by atoms with Gasteiger partial charge in [-0.2, -0.15) is 18.3 Å². The summed E-state index contributed by atoms with van der Waals surface area (Å²) in [6.07, 6.45) is -7.65. The summed E-state index contributed by atoms with van der Waals surface area (Å²) in [5, 5.41) is 14.8. The molecule has 130 valence electrons. The van der Waals surface area contributed by atoms with Crippen LogP contribution in [0.4, 0.5) is 13.2 Å². The number of hydrogen-bond donors (Lipinski definition) is 1. The normalized spacial score (nSPS) is 13.1. The Morgan fingerprint density at radius 1 is 1.00 bits per heavy atom. The van der Waals surface area contributed by atoms with Gasteiger partial charge in [0.2, 0.25) is 0 Å². The zero-order valence-electron chi connectivity index (χ0n) is 13.1. The first kappa shape index (κ1) is 17.2. The summed E-state index contributed by atoms with van der Waals surface area (Å²) in [4.78, 5) is 12.5. The molecule has 0 fully saturated rings. The first-order chi connectivity index (χ1) is 11.8. The van der Waals surface area contributed by atoms with Gasteiger partial charge >= 0.3 is 6.18 Å². The summed E-state index contributed by atoms with van der Waals surface area (Å²) >= 11 is 0. The summed E-state index contributed by atoms with van der Waals surface area (Å²) in [7, 11) is 0. The Balaban J connectivity index is 2.11. The molecule has 7 heteroatoms. The van der Waals surface area contributed by atoms with Crippen molar-refractivity contribution in [3.8, 4) is 11.3 Å². The molecule has 0 aliphatic carbocycles. The predicted octanol–water partition coefficient (Wildman–Crippen LogP) is 3.38. The van der Waals surface area contributed by atoms with E-state index in [0.717, 1.165) is 10.2 Å². The van der Waals surface area contributed by atoms with Crippen LogP contribution in [0.1, 0.15) is 6.42 Å². The van der Waals surface area contributed by atoms with E-state index >= 15 is 0 Å². The van der Waals surface area contributed by atoms with Crippen LogP contribution in [0.25, 0.3) is 22.0 Å². The average molecular weight is 348 g/mol. The molecule has 0 aliphatic rings. The Bertz CT molecular complexity index is 936. The third kappa shape index (κ3) is 3.88. The van der Waals surface area contributed by atoms with Crippen molar-refractivity contribution in [1.82, 2.24) is 9.78 Å². The van der Waals surface area contributed by atoms with Gasteiger partial charge in [0.05, 0.1) is 30.1 Å². The van der Waals surface area contributed by atoms with Gasteiger partial charge in [-0.3, -0.25) is 4.79 Å². The molecule has 1 heterocycles. The largest absolute Gasteiger partial charge is 0.391 e. The van der Waals surface area contributed by atoms with Gasteiger partial charge < -0.3 is 5.11 Å². The summed E-state index contributed by atoms with van der Waals surface area (Å²) < 4.78 is 38.2. The lowest BCUT2D eigenvalue weighted by atomic mass is 10.1. The number of aromatic nitrogens is 2. The molecule has 3 aromatic rings. The molecule has 3 rings (SSSR count). The van der Waals surface area contributed by atoms with Crippen LogP contribution in [0.2, 0.25) is 0 Å². The molecular weight excluding hydrogens is 333 g/mol. The van der Waals surface area contributed by atoms with Crippen molar-refractivity contribution in [3.63, 3.8) is 0 Å². The Morgan fingerprint density at radius 3 is 2.24 bits per heavy atom. The molecular formula is C18H15F3N2O2. The monoisotopic (exact) mass is 348 g/mol. The summed E-state index contributed by atoms with van der Waals surface area (Å²) in [5.41, 5.74) is 0.685. The average Bonchev–Trinajstić information content (AvgIpc) is 2.56. The minimum atomic E-state index is -4.51. The number of aliphatic hydroxyl groups is 1. The van der Waals surface area contributed by atoms with Gasteiger partial charge in [-0.25, -0.2) is 4.68 Å². The number of hydrogen-bond acceptors (Lipinski definition) is 3. The Morgan fingerprint density at radius 2 is 1.60 bits per heavy atom. The van der Waals surface area contributed by atoms with Crippen molar-refractivity contribution in [2.45, 2.75) is 25.2 Å². The Kier molecular flexibility index (Phi) is 4.59. The third-order valence-corrected chi connectivity index (χ3v) is 3.77. The number of halogens is 3. The summed E-state index contributed by atoms with van der Waals surface area (Å²) in [6.45, 7) is -0.525. The lowest BCUT2D eigenvalue weighted by molar-refractivity contribution is -0.155. The van der Waals surface area contributed by atoms with Crippen molar-refractivity contribution < 1.29 is 18.3 Å². The van der Waals surface area contributed by atoms with Crippen LogP contribution in [0, 0.1) is 0 Å². The molecule has 25 heavy (non-hydrogen) atoms. The highest BCUT2D eigenvalue weighted by Crippen LogP contribution is 2.25. The van der Waals surface area contributed by atoms with E-state index in [1.54, 1.807) is 48.5 Å². The number of aliphatic hydroxyl groups excluding tert-OH is 1. The third-order valence-electron chi connectivity index (χ3n) is 3.77. The Hall–Kier alpha value is -2.67. The van der Waals surface area contributed by atoms with Crippen molar-refractivity contribution in [3.05, 3.63) is 65.0 Å². The maximum atomic E-state index is 12.5. The van der Waals surface area contributed by atoms with Gasteiger partial charge in [0, 0.05) is 10.9 Å². The molecule has 0 unspecified atom stereocenters. The van der Waals surface area contributed by atoms with E-state index in [1.807, 2.05) is 6.07 Å². The van der Waals surface area contributed by atoms with Crippen LogP contribution in [-0.4, -0.2) is 27.2 Å². The highest BCUT2D eigenvalue weighted by molar-refractivity contribution is 5.93. The molecule has 0 radical (unpaired) electrons. The van der Waals surface area contributed by atoms with Gasteiger partial charge in [0.1, 0.15) is 0 Å². The van der Waals surface area contributed by atoms with Crippen LogP contribution in [0.5, 0.6) is 0 Å². The van der Waals surface area contributed by atoms with E-state index in [2.05, 4.69) is 5.10 Å². The second kappa shape index (κ2) is 6.68. The molecule has 1 aromatic heterocycles. The molecule has 1 atom stereocenters. The lowest BCUT2D eigenvalue weighted by Gasteiger charge is -2.16. The molecule has 0 saturated heterocycles. The molecule has 0 saturated carbocycles. The molecule has 1 N–H and O–H groups in total. The lowest BCUT2D eigenvalue weighted by Crippen LogP contribution is -2.32. The molecule has 2 aromatic carbocycles. The quantitative estimate of drug-likeness (QED) is 0.786. The maximum Gasteiger partial charge on any atom is 0.391 e. The van der Waals surface area contributed by atoms with E-state index in [1.165, 1.54) is 0 Å². The maximum absolute atomic E-state index is 12.5. The molecule has 0 bridgehead atoms. The predicted molar refractivity (Wildman–Crippen MR) is 88.1 cm³/mol. The topological polar surface area (TPSA) is 55.1 Å². The summed E-state index contributed by atoms with van der Waals surface area (Å²) in [6, 6.07) is 15.8. The fourth-order valence-corrected chi connectivity index (χ4v) is 2.70. The smallest absolute Gasteiger partial charge is 0.391 e. The van der Waals surface area contributed by atoms with Crippen molar-refractivity contribution in [1.29, 1.82) is 0 Å². The second-order valence-corrected chi connectivity index (χ2v) is 5.72. The first-order valence-electron chi connectivity index (χ1n) is 7.65. The summed E-state index contributed by atoms with van der Waals surface area (Å²) in [5.74, 6) is 0. The fourth-order valence-electron chi connectivity index (χ4n) is 2.70. The van der Waals surface area contributed by atoms with Crippen molar-refractivity contribution in [2.24, 2.45) is 0 Å². The van der Waals surface area contributed by atoms with Crippen LogP contribution < -0.4 is 5.56 Å². The van der Waals surface area contributed by atoms with E-state index in [0.29, 0.717) is 16.5 Å². The van der Waals surface area contributed by atoms with Crippen LogP contribution in [0.15, 0.2) is 59.4 Å². The number of nitrogens with zero attached hydrogens (tertiary/aromatic N) is 2. The fraction of sp³-hybridized carbons (Fsp3) is 0.222. The van der Waals surface area contributed by atoms with E-state index in [9.17, 15) is 23.1 Å². The van der Waals surface area contributed by atoms with Gasteiger partial charge in [0.25, 0.3) is 5.56 Å². The van der Waals surface area contributed by atoms with Gasteiger partial charge in [-0.05, 0) is 6.07 Å². The van der Waals surface area contributed by atoms with Gasteiger partial charge in [0.15, 0.2) is 0 Å². The van der Waals surface area contributed by atoms with E-state index in [-0.39, 0.29) is 0 Å². The highest BCUT2D eigenvalue weighted by Gasteiger charge is 2.31. The Labute approximate surface area is 141 Å². The zero-order valence-corrected chi connectivity index (χ0v) is 13.1. The van der Waals surface area contributed by atoms with E-state index in [4.69, 9.17) is 0 Å². The zero-order chi connectivity index (χ0) is 18.0. The van der Waals surface area contributed by atoms with Crippen LogP contribution >= 0.6 is 0 Å². The number of benzene rings is 2. The van der Waals surface area contributed by atoms with Crippen molar-refractivity contribution in [2.75, 3.05) is 0 Å². The first-order valence-corrected chi connectivity index (χ1v) is 7.65. The van der Waals surface area contributed by atoms with Crippen LogP contribution in [0.3, 0.4) is 0 Å². The number of alkyl halides is 3. The number of fused-ring (bicyclic) bond motifs is 1.